The van der Waals surface area contributed by atoms with E-state index in [4.69, 9.17) is 9.47 Å². The molecule has 2 aromatic carbocycles. The van der Waals surface area contributed by atoms with Crippen molar-refractivity contribution in [3.63, 3.8) is 0 Å². The van der Waals surface area contributed by atoms with Crippen LogP contribution in [0.15, 0.2) is 48.5 Å². The van der Waals surface area contributed by atoms with E-state index in [-0.39, 0.29) is 23.5 Å². The summed E-state index contributed by atoms with van der Waals surface area (Å²) in [5, 5.41) is 10.1. The molecule has 5 nitrogen and oxygen atoms in total. The van der Waals surface area contributed by atoms with Gasteiger partial charge >= 0.3 is 5.97 Å². The largest absolute Gasteiger partial charge is 0.507 e. The van der Waals surface area contributed by atoms with Crippen molar-refractivity contribution < 1.29 is 24.2 Å². The number of allylic oxidation sites excluding steroid dienone is 1. The summed E-state index contributed by atoms with van der Waals surface area (Å²) in [5.41, 5.74) is 1.10. The molecule has 0 radical (unpaired) electrons. The topological polar surface area (TPSA) is 72.8 Å². The van der Waals surface area contributed by atoms with E-state index < -0.39 is 11.8 Å². The van der Waals surface area contributed by atoms with E-state index in [9.17, 15) is 14.7 Å². The molecule has 0 bridgehead atoms. The van der Waals surface area contributed by atoms with Gasteiger partial charge in [0.2, 0.25) is 0 Å². The van der Waals surface area contributed by atoms with E-state index in [0.29, 0.717) is 6.61 Å². The van der Waals surface area contributed by atoms with E-state index in [1.165, 1.54) is 82.1 Å². The maximum absolute atomic E-state index is 12.6. The second-order valence-electron chi connectivity index (χ2n) is 8.75. The molecule has 0 unspecified atom stereocenters. The molecule has 0 saturated carbocycles. The number of hydrogen-bond acceptors (Lipinski definition) is 5. The van der Waals surface area contributed by atoms with Crippen LogP contribution in [0, 0.1) is 0 Å². The van der Waals surface area contributed by atoms with Gasteiger partial charge in [0, 0.05) is 0 Å². The second kappa shape index (κ2) is 16.5. The van der Waals surface area contributed by atoms with Crippen molar-refractivity contribution in [2.24, 2.45) is 0 Å². The summed E-state index contributed by atoms with van der Waals surface area (Å²) in [6.45, 7) is 4.87. The van der Waals surface area contributed by atoms with Gasteiger partial charge in [0.15, 0.2) is 5.78 Å². The Bertz CT molecular complexity index is 948. The van der Waals surface area contributed by atoms with Crippen LogP contribution in [0.25, 0.3) is 6.08 Å². The summed E-state index contributed by atoms with van der Waals surface area (Å²) in [6, 6.07) is 11.7. The van der Waals surface area contributed by atoms with Crippen LogP contribution < -0.4 is 4.74 Å². The number of aromatic hydroxyl groups is 1. The van der Waals surface area contributed by atoms with E-state index in [0.717, 1.165) is 17.7 Å². The number of carbonyl (C=O) groups is 2. The average Bonchev–Trinajstić information content (AvgIpc) is 2.86. The van der Waals surface area contributed by atoms with Gasteiger partial charge in [0.25, 0.3) is 0 Å². The van der Waals surface area contributed by atoms with Gasteiger partial charge in [-0.15, -0.1) is 0 Å². The van der Waals surface area contributed by atoms with Crippen LogP contribution in [0.3, 0.4) is 0 Å². The minimum Gasteiger partial charge on any atom is -0.507 e. The van der Waals surface area contributed by atoms with Gasteiger partial charge in [-0.05, 0) is 55.3 Å². The van der Waals surface area contributed by atoms with Gasteiger partial charge in [0.05, 0.1) is 24.3 Å². The zero-order valence-corrected chi connectivity index (χ0v) is 21.3. The highest BCUT2D eigenvalue weighted by atomic mass is 16.5. The first-order chi connectivity index (χ1) is 17.0. The van der Waals surface area contributed by atoms with Crippen molar-refractivity contribution in [3.05, 3.63) is 65.2 Å². The number of esters is 1. The first-order valence-corrected chi connectivity index (χ1v) is 13.0. The molecule has 0 spiro atoms. The molecule has 0 atom stereocenters. The maximum Gasteiger partial charge on any atom is 0.338 e. The van der Waals surface area contributed by atoms with Gasteiger partial charge in [-0.3, -0.25) is 4.79 Å². The van der Waals surface area contributed by atoms with Gasteiger partial charge in [-0.2, -0.15) is 0 Å². The zero-order chi connectivity index (χ0) is 25.3. The van der Waals surface area contributed by atoms with Crippen molar-refractivity contribution >= 4 is 17.8 Å². The predicted octanol–water partition coefficient (Wildman–Crippen LogP) is 7.76. The monoisotopic (exact) mass is 480 g/mol. The lowest BCUT2D eigenvalue weighted by atomic mass is 10.0. The summed E-state index contributed by atoms with van der Waals surface area (Å²) < 4.78 is 10.8. The quantitative estimate of drug-likeness (QED) is 0.108. The van der Waals surface area contributed by atoms with Gasteiger partial charge in [-0.1, -0.05) is 82.9 Å². The van der Waals surface area contributed by atoms with Crippen LogP contribution in [0.5, 0.6) is 11.5 Å². The predicted molar refractivity (Wildman–Crippen MR) is 141 cm³/mol. The van der Waals surface area contributed by atoms with Gasteiger partial charge in [0.1, 0.15) is 11.5 Å². The second-order valence-corrected chi connectivity index (χ2v) is 8.75. The van der Waals surface area contributed by atoms with Gasteiger partial charge in [-0.25, -0.2) is 4.79 Å². The SMILES string of the molecule is CCCCCCCCCCCCOc1cccc(/C=C/C(=O)c2cc(C(=O)OCC)ccc2O)c1. The van der Waals surface area contributed by atoms with Crippen LogP contribution in [0.4, 0.5) is 0 Å². The van der Waals surface area contributed by atoms with Crippen molar-refractivity contribution in [1.29, 1.82) is 0 Å². The minimum atomic E-state index is -0.530. The first-order valence-electron chi connectivity index (χ1n) is 13.0. The molecule has 0 amide bonds. The van der Waals surface area contributed by atoms with Crippen molar-refractivity contribution in [2.75, 3.05) is 13.2 Å². The molecule has 1 N–H and O–H groups in total. The Morgan fingerprint density at radius 1 is 0.857 bits per heavy atom. The summed E-state index contributed by atoms with van der Waals surface area (Å²) in [7, 11) is 0. The number of ketones is 1. The third-order valence-corrected chi connectivity index (χ3v) is 5.83. The van der Waals surface area contributed by atoms with E-state index in [1.54, 1.807) is 13.0 Å². The van der Waals surface area contributed by atoms with Crippen molar-refractivity contribution in [2.45, 2.75) is 78.1 Å². The molecule has 0 saturated heterocycles. The number of carbonyl (C=O) groups excluding carboxylic acids is 2. The molecule has 190 valence electrons. The summed E-state index contributed by atoms with van der Waals surface area (Å²) >= 11 is 0. The normalized spacial score (nSPS) is 11.0. The fourth-order valence-corrected chi connectivity index (χ4v) is 3.82. The molecule has 0 aliphatic rings. The molecule has 5 heteroatoms. The highest BCUT2D eigenvalue weighted by Gasteiger charge is 2.14. The number of benzene rings is 2. The molecule has 2 rings (SSSR count). The Hall–Kier alpha value is -3.08. The smallest absolute Gasteiger partial charge is 0.338 e. The molecular weight excluding hydrogens is 440 g/mol. The van der Waals surface area contributed by atoms with Crippen molar-refractivity contribution in [3.8, 4) is 11.5 Å². The Morgan fingerprint density at radius 3 is 2.23 bits per heavy atom. The highest BCUT2D eigenvalue weighted by Crippen LogP contribution is 2.21. The lowest BCUT2D eigenvalue weighted by Crippen LogP contribution is -2.06. The molecule has 0 heterocycles. The van der Waals surface area contributed by atoms with Crippen LogP contribution in [-0.2, 0) is 4.74 Å². The van der Waals surface area contributed by atoms with Crippen molar-refractivity contribution in [1.82, 2.24) is 0 Å². The number of hydrogen-bond donors (Lipinski definition) is 1. The summed E-state index contributed by atoms with van der Waals surface area (Å²) in [4.78, 5) is 24.5. The highest BCUT2D eigenvalue weighted by molar-refractivity contribution is 6.09. The maximum atomic E-state index is 12.6. The molecule has 2 aromatic rings. The third-order valence-electron chi connectivity index (χ3n) is 5.83. The third kappa shape index (κ3) is 10.8. The van der Waals surface area contributed by atoms with Crippen LogP contribution in [-0.4, -0.2) is 30.1 Å². The first kappa shape index (κ1) is 28.2. The summed E-state index contributed by atoms with van der Waals surface area (Å²) in [6.07, 6.45) is 15.9. The Balaban J connectivity index is 1.77. The Kier molecular flexibility index (Phi) is 13.3. The van der Waals surface area contributed by atoms with Crippen LogP contribution in [0.1, 0.15) is 104 Å². The van der Waals surface area contributed by atoms with E-state index in [1.807, 2.05) is 24.3 Å². The molecule has 0 aromatic heterocycles. The molecular formula is C30H40O5. The molecule has 35 heavy (non-hydrogen) atoms. The fourth-order valence-electron chi connectivity index (χ4n) is 3.82. The van der Waals surface area contributed by atoms with Crippen LogP contribution in [0.2, 0.25) is 0 Å². The Morgan fingerprint density at radius 2 is 1.54 bits per heavy atom. The number of phenols is 1. The molecule has 0 aliphatic heterocycles. The lowest BCUT2D eigenvalue weighted by molar-refractivity contribution is 0.0526. The minimum absolute atomic E-state index is 0.0557. The zero-order valence-electron chi connectivity index (χ0n) is 21.3. The van der Waals surface area contributed by atoms with Crippen LogP contribution >= 0.6 is 0 Å². The number of phenolic OH excluding ortho intramolecular Hbond substituents is 1. The number of unbranched alkanes of at least 4 members (excludes halogenated alkanes) is 9. The van der Waals surface area contributed by atoms with Gasteiger partial charge < -0.3 is 14.6 Å². The van der Waals surface area contributed by atoms with E-state index >= 15 is 0 Å². The molecule has 0 fully saturated rings. The summed E-state index contributed by atoms with van der Waals surface area (Å²) in [5.74, 6) is -0.341. The molecule has 0 aliphatic carbocycles. The Labute approximate surface area is 210 Å². The fraction of sp³-hybridized carbons (Fsp3) is 0.467. The lowest BCUT2D eigenvalue weighted by Gasteiger charge is -2.07. The average molecular weight is 481 g/mol. The number of rotatable bonds is 17. The van der Waals surface area contributed by atoms with E-state index in [2.05, 4.69) is 6.92 Å². The number of ether oxygens (including phenoxy) is 2. The standard InChI is InChI=1S/C30H40O5/c1-3-5-6-7-8-9-10-11-12-13-21-35-26-16-14-15-24(22-26)17-19-28(31)27-23-25(18-20-29(27)32)30(33)34-4-2/h14-20,22-23,32H,3-13,21H2,1-2H3/b19-17+.